The van der Waals surface area contributed by atoms with Gasteiger partial charge in [-0.25, -0.2) is 0 Å². The van der Waals surface area contributed by atoms with E-state index >= 15 is 0 Å². The van der Waals surface area contributed by atoms with E-state index in [2.05, 4.69) is 11.4 Å². The summed E-state index contributed by atoms with van der Waals surface area (Å²) < 4.78 is 0. The number of hydrogen-bond donors (Lipinski definition) is 1. The maximum Gasteiger partial charge on any atom is 0.225 e. The molecule has 1 amide bonds. The van der Waals surface area contributed by atoms with Gasteiger partial charge in [-0.15, -0.1) is 0 Å². The molecule has 0 aromatic heterocycles. The zero-order chi connectivity index (χ0) is 10.4. The Morgan fingerprint density at radius 2 is 2.14 bits per heavy atom. The van der Waals surface area contributed by atoms with Gasteiger partial charge in [0, 0.05) is 13.1 Å². The van der Waals surface area contributed by atoms with Gasteiger partial charge in [-0.2, -0.15) is 5.26 Å². The molecule has 0 aromatic rings. The molecular formula is C10H17N3O. The number of hydrogen-bond acceptors (Lipinski definition) is 3. The second kappa shape index (κ2) is 5.61. The summed E-state index contributed by atoms with van der Waals surface area (Å²) in [5.74, 6) is 0.102. The lowest BCUT2D eigenvalue weighted by atomic mass is 10.1. The number of nitriles is 1. The first-order valence-corrected chi connectivity index (χ1v) is 5.12. The zero-order valence-corrected chi connectivity index (χ0v) is 8.62. The average molecular weight is 195 g/mol. The van der Waals surface area contributed by atoms with Crippen LogP contribution in [0.15, 0.2) is 0 Å². The Kier molecular flexibility index (Phi) is 4.41. The van der Waals surface area contributed by atoms with E-state index in [1.165, 1.54) is 6.42 Å². The molecule has 1 unspecified atom stereocenters. The number of rotatable bonds is 3. The van der Waals surface area contributed by atoms with Crippen LogP contribution < -0.4 is 5.32 Å². The molecule has 14 heavy (non-hydrogen) atoms. The Morgan fingerprint density at radius 3 is 2.64 bits per heavy atom. The number of nitrogens with zero attached hydrogens (tertiary/aromatic N) is 2. The van der Waals surface area contributed by atoms with Crippen LogP contribution in [0.5, 0.6) is 0 Å². The van der Waals surface area contributed by atoms with E-state index in [-0.39, 0.29) is 11.9 Å². The highest BCUT2D eigenvalue weighted by Gasteiger charge is 2.19. The molecule has 0 spiro atoms. The average Bonchev–Trinajstić information content (AvgIpc) is 2.26. The molecule has 1 aliphatic heterocycles. The van der Waals surface area contributed by atoms with E-state index in [4.69, 9.17) is 5.26 Å². The Hall–Kier alpha value is -1.08. The predicted octanol–water partition coefficient (Wildman–Crippen LogP) is 0.501. The summed E-state index contributed by atoms with van der Waals surface area (Å²) in [7, 11) is 1.71. The molecule has 1 N–H and O–H groups in total. The molecule has 1 aliphatic rings. The molecule has 0 saturated carbocycles. The number of carbonyl (C=O) groups is 1. The van der Waals surface area contributed by atoms with Crippen LogP contribution in [-0.2, 0) is 4.79 Å². The van der Waals surface area contributed by atoms with Crippen molar-refractivity contribution in [1.29, 1.82) is 5.26 Å². The highest BCUT2D eigenvalue weighted by Crippen LogP contribution is 2.10. The fourth-order valence-electron chi connectivity index (χ4n) is 1.66. The van der Waals surface area contributed by atoms with Crippen molar-refractivity contribution in [3.8, 4) is 6.07 Å². The lowest BCUT2D eigenvalue weighted by Crippen LogP contribution is -2.39. The number of piperidine rings is 1. The molecule has 4 nitrogen and oxygen atoms in total. The highest BCUT2D eigenvalue weighted by atomic mass is 16.2. The number of amides is 1. The van der Waals surface area contributed by atoms with Gasteiger partial charge in [0.05, 0.1) is 12.5 Å². The van der Waals surface area contributed by atoms with Crippen molar-refractivity contribution in [3.05, 3.63) is 0 Å². The third-order valence-corrected chi connectivity index (χ3v) is 2.59. The molecule has 1 heterocycles. The summed E-state index contributed by atoms with van der Waals surface area (Å²) in [5, 5.41) is 11.5. The number of likely N-dealkylation sites (tertiary alicyclic amines) is 1. The SMILES string of the molecule is CNC(C#N)CC(=O)N1CCCCC1. The van der Waals surface area contributed by atoms with Crippen molar-refractivity contribution < 1.29 is 4.79 Å². The molecule has 78 valence electrons. The molecule has 0 bridgehead atoms. The van der Waals surface area contributed by atoms with E-state index in [9.17, 15) is 4.79 Å². The summed E-state index contributed by atoms with van der Waals surface area (Å²) in [5.41, 5.74) is 0. The maximum atomic E-state index is 11.7. The van der Waals surface area contributed by atoms with Crippen LogP contribution in [0.25, 0.3) is 0 Å². The minimum Gasteiger partial charge on any atom is -0.343 e. The topological polar surface area (TPSA) is 56.1 Å². The van der Waals surface area contributed by atoms with Crippen LogP contribution in [0, 0.1) is 11.3 Å². The third kappa shape index (κ3) is 3.00. The van der Waals surface area contributed by atoms with Gasteiger partial charge in [0.1, 0.15) is 6.04 Å². The molecule has 1 saturated heterocycles. The van der Waals surface area contributed by atoms with Crippen LogP contribution in [0.3, 0.4) is 0 Å². The largest absolute Gasteiger partial charge is 0.343 e. The Balaban J connectivity index is 2.36. The lowest BCUT2D eigenvalue weighted by Gasteiger charge is -2.27. The van der Waals surface area contributed by atoms with Crippen LogP contribution >= 0.6 is 0 Å². The summed E-state index contributed by atoms with van der Waals surface area (Å²) in [6.07, 6.45) is 3.72. The van der Waals surface area contributed by atoms with Gasteiger partial charge in [-0.05, 0) is 26.3 Å². The van der Waals surface area contributed by atoms with Gasteiger partial charge in [-0.1, -0.05) is 0 Å². The van der Waals surface area contributed by atoms with Gasteiger partial charge in [-0.3, -0.25) is 4.79 Å². The summed E-state index contributed by atoms with van der Waals surface area (Å²) in [4.78, 5) is 13.5. The molecule has 4 heteroatoms. The molecule has 1 fully saturated rings. The molecular weight excluding hydrogens is 178 g/mol. The normalized spacial score (nSPS) is 18.7. The van der Waals surface area contributed by atoms with E-state index in [0.717, 1.165) is 25.9 Å². The van der Waals surface area contributed by atoms with Crippen molar-refractivity contribution in [2.45, 2.75) is 31.7 Å². The summed E-state index contributed by atoms with van der Waals surface area (Å²) in [6.45, 7) is 1.72. The van der Waals surface area contributed by atoms with Crippen LogP contribution in [-0.4, -0.2) is 37.0 Å². The van der Waals surface area contributed by atoms with Crippen molar-refractivity contribution in [2.24, 2.45) is 0 Å². The monoisotopic (exact) mass is 195 g/mol. The van der Waals surface area contributed by atoms with Gasteiger partial charge in [0.25, 0.3) is 0 Å². The van der Waals surface area contributed by atoms with Crippen molar-refractivity contribution >= 4 is 5.91 Å². The Bertz CT molecular complexity index is 228. The molecule has 0 radical (unpaired) electrons. The first-order chi connectivity index (χ1) is 6.77. The van der Waals surface area contributed by atoms with E-state index in [1.54, 1.807) is 7.05 Å². The number of carbonyl (C=O) groups excluding carboxylic acids is 1. The fourth-order valence-corrected chi connectivity index (χ4v) is 1.66. The van der Waals surface area contributed by atoms with Crippen LogP contribution in [0.1, 0.15) is 25.7 Å². The Morgan fingerprint density at radius 1 is 1.50 bits per heavy atom. The minimum absolute atomic E-state index is 0.102. The summed E-state index contributed by atoms with van der Waals surface area (Å²) >= 11 is 0. The van der Waals surface area contributed by atoms with E-state index in [0.29, 0.717) is 6.42 Å². The number of nitrogens with one attached hydrogen (secondary N) is 1. The molecule has 1 atom stereocenters. The lowest BCUT2D eigenvalue weighted by molar-refractivity contribution is -0.132. The van der Waals surface area contributed by atoms with Crippen molar-refractivity contribution in [1.82, 2.24) is 10.2 Å². The van der Waals surface area contributed by atoms with Crippen LogP contribution in [0.4, 0.5) is 0 Å². The molecule has 0 aromatic carbocycles. The van der Waals surface area contributed by atoms with Crippen LogP contribution in [0.2, 0.25) is 0 Å². The second-order valence-corrected chi connectivity index (χ2v) is 3.62. The quantitative estimate of drug-likeness (QED) is 0.713. The van der Waals surface area contributed by atoms with Gasteiger partial charge in [0.2, 0.25) is 5.91 Å². The zero-order valence-electron chi connectivity index (χ0n) is 8.62. The first kappa shape index (κ1) is 11.0. The Labute approximate surface area is 84.9 Å². The van der Waals surface area contributed by atoms with Gasteiger partial charge >= 0.3 is 0 Å². The van der Waals surface area contributed by atoms with Crippen molar-refractivity contribution in [2.75, 3.05) is 20.1 Å². The standard InChI is InChI=1S/C10H17N3O/c1-12-9(8-11)7-10(14)13-5-3-2-4-6-13/h9,12H,2-7H2,1H3. The van der Waals surface area contributed by atoms with E-state index < -0.39 is 0 Å². The molecule has 1 rings (SSSR count). The second-order valence-electron chi connectivity index (χ2n) is 3.62. The fraction of sp³-hybridized carbons (Fsp3) is 0.800. The summed E-state index contributed by atoms with van der Waals surface area (Å²) in [6, 6.07) is 1.72. The first-order valence-electron chi connectivity index (χ1n) is 5.12. The van der Waals surface area contributed by atoms with Gasteiger partial charge < -0.3 is 10.2 Å². The van der Waals surface area contributed by atoms with E-state index in [1.807, 2.05) is 4.90 Å². The third-order valence-electron chi connectivity index (χ3n) is 2.59. The minimum atomic E-state index is -0.343. The predicted molar refractivity (Wildman–Crippen MR) is 53.5 cm³/mol. The smallest absolute Gasteiger partial charge is 0.225 e. The van der Waals surface area contributed by atoms with Gasteiger partial charge in [0.15, 0.2) is 0 Å². The van der Waals surface area contributed by atoms with Crippen molar-refractivity contribution in [3.63, 3.8) is 0 Å². The maximum absolute atomic E-state index is 11.7. The highest BCUT2D eigenvalue weighted by molar-refractivity contribution is 5.77. The molecule has 0 aliphatic carbocycles.